The second-order valence-electron chi connectivity index (χ2n) is 8.17. The Balaban J connectivity index is 2.87. The molecule has 0 aromatic rings. The number of nitrogens with zero attached hydrogens (tertiary/aromatic N) is 2. The minimum Gasteiger partial charge on any atom is -0.480 e. The van der Waals surface area contributed by atoms with Gasteiger partial charge in [0.1, 0.15) is 24.2 Å². The number of amides is 3. The summed E-state index contributed by atoms with van der Waals surface area (Å²) in [6, 6.07) is -4.16. The van der Waals surface area contributed by atoms with Crippen molar-refractivity contribution >= 4 is 29.7 Å². The third-order valence-electron chi connectivity index (χ3n) is 5.49. The molecule has 0 aliphatic carbocycles. The van der Waals surface area contributed by atoms with E-state index in [1.54, 1.807) is 0 Å². The summed E-state index contributed by atoms with van der Waals surface area (Å²) in [7, 11) is 0. The van der Waals surface area contributed by atoms with Crippen LogP contribution >= 0.6 is 0 Å². The SMILES string of the molecule is NCCCCC(NC(=O)C(N)CO)C(=O)N1CCCC1C(=O)NC(CCCN=C(N)N)C(=O)O. The van der Waals surface area contributed by atoms with Crippen molar-refractivity contribution in [2.24, 2.45) is 27.9 Å². The number of rotatable bonds is 15. The fourth-order valence-electron chi connectivity index (χ4n) is 3.64. The molecule has 1 rings (SSSR count). The lowest BCUT2D eigenvalue weighted by molar-refractivity contribution is -0.145. The monoisotopic (exact) mass is 486 g/mol. The fraction of sp³-hybridized carbons (Fsp3) is 0.750. The number of carboxylic acids is 1. The van der Waals surface area contributed by atoms with Gasteiger partial charge >= 0.3 is 5.97 Å². The van der Waals surface area contributed by atoms with Gasteiger partial charge in [-0.25, -0.2) is 4.79 Å². The van der Waals surface area contributed by atoms with Gasteiger partial charge in [-0.15, -0.1) is 0 Å². The van der Waals surface area contributed by atoms with E-state index in [0.29, 0.717) is 38.6 Å². The van der Waals surface area contributed by atoms with Crippen LogP contribution in [0.25, 0.3) is 0 Å². The van der Waals surface area contributed by atoms with Crippen LogP contribution in [-0.2, 0) is 19.2 Å². The van der Waals surface area contributed by atoms with E-state index in [2.05, 4.69) is 15.6 Å². The largest absolute Gasteiger partial charge is 0.480 e. The Morgan fingerprint density at radius 3 is 2.32 bits per heavy atom. The number of carboxylic acid groups (broad SMARTS) is 1. The number of likely N-dealkylation sites (tertiary alicyclic amines) is 1. The third kappa shape index (κ3) is 9.49. The topological polar surface area (TPSA) is 252 Å². The van der Waals surface area contributed by atoms with Crippen LogP contribution in [0.3, 0.4) is 0 Å². The Morgan fingerprint density at radius 2 is 1.74 bits per heavy atom. The number of carbonyl (C=O) groups excluding carboxylic acids is 3. The molecule has 1 aliphatic rings. The minimum atomic E-state index is -1.21. The average Bonchev–Trinajstić information content (AvgIpc) is 3.29. The van der Waals surface area contributed by atoms with Crippen LogP contribution < -0.4 is 33.6 Å². The van der Waals surface area contributed by atoms with E-state index in [9.17, 15) is 24.3 Å². The average molecular weight is 487 g/mol. The van der Waals surface area contributed by atoms with E-state index in [1.807, 2.05) is 0 Å². The van der Waals surface area contributed by atoms with Gasteiger partial charge in [0, 0.05) is 13.1 Å². The maximum Gasteiger partial charge on any atom is 0.326 e. The molecule has 14 nitrogen and oxygen atoms in total. The van der Waals surface area contributed by atoms with E-state index in [4.69, 9.17) is 28.0 Å². The quantitative estimate of drug-likeness (QED) is 0.0644. The Labute approximate surface area is 198 Å². The highest BCUT2D eigenvalue weighted by molar-refractivity contribution is 5.94. The van der Waals surface area contributed by atoms with Gasteiger partial charge < -0.3 is 48.7 Å². The Kier molecular flexibility index (Phi) is 12.8. The minimum absolute atomic E-state index is 0.106. The smallest absolute Gasteiger partial charge is 0.326 e. The number of unbranched alkanes of at least 4 members (excludes halogenated alkanes) is 1. The molecule has 1 aliphatic heterocycles. The molecule has 0 spiro atoms. The highest BCUT2D eigenvalue weighted by Gasteiger charge is 2.38. The van der Waals surface area contributed by atoms with Gasteiger partial charge in [-0.05, 0) is 51.5 Å². The molecule has 12 N–H and O–H groups in total. The molecule has 1 saturated heterocycles. The number of aliphatic imine (C=N–C) groups is 1. The number of carbonyl (C=O) groups is 4. The zero-order chi connectivity index (χ0) is 25.7. The number of aliphatic hydroxyl groups is 1. The molecule has 1 fully saturated rings. The van der Waals surface area contributed by atoms with Crippen molar-refractivity contribution in [1.29, 1.82) is 0 Å². The summed E-state index contributed by atoms with van der Waals surface area (Å²) in [5.41, 5.74) is 21.6. The Morgan fingerprint density at radius 1 is 1.06 bits per heavy atom. The first-order valence-corrected chi connectivity index (χ1v) is 11.4. The van der Waals surface area contributed by atoms with Crippen LogP contribution in [-0.4, -0.2) is 95.2 Å². The lowest BCUT2D eigenvalue weighted by Gasteiger charge is -2.30. The van der Waals surface area contributed by atoms with Gasteiger partial charge in [0.15, 0.2) is 5.96 Å². The maximum atomic E-state index is 13.2. The van der Waals surface area contributed by atoms with Crippen molar-refractivity contribution in [3.8, 4) is 0 Å². The van der Waals surface area contributed by atoms with Crippen molar-refractivity contribution in [2.45, 2.75) is 69.1 Å². The van der Waals surface area contributed by atoms with E-state index >= 15 is 0 Å². The van der Waals surface area contributed by atoms with Crippen molar-refractivity contribution in [1.82, 2.24) is 15.5 Å². The molecule has 3 amide bonds. The number of aliphatic hydroxyl groups excluding tert-OH is 1. The zero-order valence-corrected chi connectivity index (χ0v) is 19.3. The van der Waals surface area contributed by atoms with E-state index < -0.39 is 54.5 Å². The fourth-order valence-corrected chi connectivity index (χ4v) is 3.64. The summed E-state index contributed by atoms with van der Waals surface area (Å²) >= 11 is 0. The normalized spacial score (nSPS) is 18.0. The third-order valence-corrected chi connectivity index (χ3v) is 5.49. The van der Waals surface area contributed by atoms with E-state index in [1.165, 1.54) is 4.90 Å². The van der Waals surface area contributed by atoms with Crippen LogP contribution in [0.5, 0.6) is 0 Å². The number of hydrogen-bond donors (Lipinski definition) is 8. The van der Waals surface area contributed by atoms with Crippen molar-refractivity contribution in [3.05, 3.63) is 0 Å². The molecule has 34 heavy (non-hydrogen) atoms. The Hall–Kier alpha value is -2.97. The highest BCUT2D eigenvalue weighted by atomic mass is 16.4. The first-order chi connectivity index (χ1) is 16.1. The van der Waals surface area contributed by atoms with Gasteiger partial charge in [-0.3, -0.25) is 19.4 Å². The predicted octanol–water partition coefficient (Wildman–Crippen LogP) is -3.47. The standard InChI is InChI=1S/C20H38N8O6/c21-8-2-1-5-13(26-16(30)12(22)11-29)18(32)28-10-4-7-15(28)17(31)27-14(19(33)34)6-3-9-25-20(23)24/h12-15,29H,1-11,21-22H2,(H,26,30)(H,27,31)(H,33,34)(H4,23,24,25). The summed E-state index contributed by atoms with van der Waals surface area (Å²) in [5.74, 6) is -3.05. The zero-order valence-electron chi connectivity index (χ0n) is 19.3. The molecule has 0 radical (unpaired) electrons. The molecule has 0 saturated carbocycles. The molecule has 194 valence electrons. The van der Waals surface area contributed by atoms with Gasteiger partial charge in [-0.2, -0.15) is 0 Å². The first kappa shape index (κ1) is 29.1. The molecule has 4 atom stereocenters. The van der Waals surface area contributed by atoms with Crippen LogP contribution in [0.2, 0.25) is 0 Å². The molecular weight excluding hydrogens is 448 g/mol. The summed E-state index contributed by atoms with van der Waals surface area (Å²) in [4.78, 5) is 55.0. The molecule has 0 aromatic heterocycles. The van der Waals surface area contributed by atoms with Crippen LogP contribution in [0, 0.1) is 0 Å². The summed E-state index contributed by atoms with van der Waals surface area (Å²) in [6.07, 6.45) is 2.83. The van der Waals surface area contributed by atoms with Crippen molar-refractivity contribution in [3.63, 3.8) is 0 Å². The second-order valence-corrected chi connectivity index (χ2v) is 8.17. The number of guanidine groups is 1. The van der Waals surface area contributed by atoms with Crippen molar-refractivity contribution < 1.29 is 29.4 Å². The number of aliphatic carboxylic acids is 1. The molecular formula is C20H38N8O6. The lowest BCUT2D eigenvalue weighted by Crippen LogP contribution is -2.57. The predicted molar refractivity (Wildman–Crippen MR) is 124 cm³/mol. The van der Waals surface area contributed by atoms with Crippen LogP contribution in [0.4, 0.5) is 0 Å². The Bertz CT molecular complexity index is 730. The molecule has 1 heterocycles. The van der Waals surface area contributed by atoms with Crippen molar-refractivity contribution in [2.75, 3.05) is 26.2 Å². The van der Waals surface area contributed by atoms with Gasteiger partial charge in [0.05, 0.1) is 6.61 Å². The van der Waals surface area contributed by atoms with Gasteiger partial charge in [0.2, 0.25) is 17.7 Å². The number of nitrogens with one attached hydrogen (secondary N) is 2. The first-order valence-electron chi connectivity index (χ1n) is 11.4. The molecule has 0 aromatic carbocycles. The molecule has 4 unspecified atom stereocenters. The molecule has 0 bridgehead atoms. The van der Waals surface area contributed by atoms with E-state index in [0.717, 1.165) is 0 Å². The summed E-state index contributed by atoms with van der Waals surface area (Å²) in [5, 5.41) is 23.6. The maximum absolute atomic E-state index is 13.2. The lowest BCUT2D eigenvalue weighted by atomic mass is 10.1. The number of hydrogen-bond acceptors (Lipinski definition) is 8. The molecule has 14 heteroatoms. The van der Waals surface area contributed by atoms with Gasteiger partial charge in [0.25, 0.3) is 0 Å². The van der Waals surface area contributed by atoms with E-state index in [-0.39, 0.29) is 31.9 Å². The highest BCUT2D eigenvalue weighted by Crippen LogP contribution is 2.20. The summed E-state index contributed by atoms with van der Waals surface area (Å²) < 4.78 is 0. The second kappa shape index (κ2) is 15.0. The van der Waals surface area contributed by atoms with Crippen LogP contribution in [0.1, 0.15) is 44.9 Å². The number of nitrogens with two attached hydrogens (primary N) is 4. The van der Waals surface area contributed by atoms with Crippen LogP contribution in [0.15, 0.2) is 4.99 Å². The summed E-state index contributed by atoms with van der Waals surface area (Å²) in [6.45, 7) is 0.341. The van der Waals surface area contributed by atoms with Gasteiger partial charge in [-0.1, -0.05) is 0 Å².